The van der Waals surface area contributed by atoms with Gasteiger partial charge in [0.15, 0.2) is 5.11 Å². The van der Waals surface area contributed by atoms with Crippen LogP contribution < -0.4 is 5.32 Å². The summed E-state index contributed by atoms with van der Waals surface area (Å²) in [5, 5.41) is 3.20. The molecule has 7 heteroatoms. The van der Waals surface area contributed by atoms with Crippen molar-refractivity contribution in [3.8, 4) is 0 Å². The van der Waals surface area contributed by atoms with Crippen LogP contribution in [0.1, 0.15) is 12.8 Å². The van der Waals surface area contributed by atoms with Crippen molar-refractivity contribution >= 4 is 17.3 Å². The van der Waals surface area contributed by atoms with Gasteiger partial charge in [0.1, 0.15) is 0 Å². The Balaban J connectivity index is 3.65. The molecule has 0 aliphatic rings. The maximum absolute atomic E-state index is 11.9. The van der Waals surface area contributed by atoms with Gasteiger partial charge in [-0.3, -0.25) is 0 Å². The average Bonchev–Trinajstić information content (AvgIpc) is 2.19. The Morgan fingerprint density at radius 3 is 2.56 bits per heavy atom. The second-order valence-corrected chi connectivity index (χ2v) is 3.75. The van der Waals surface area contributed by atoms with Crippen LogP contribution in [0.25, 0.3) is 0 Å². The van der Waals surface area contributed by atoms with Gasteiger partial charge in [-0.25, -0.2) is 0 Å². The van der Waals surface area contributed by atoms with Crippen LogP contribution in [0, 0.1) is 0 Å². The van der Waals surface area contributed by atoms with Crippen molar-refractivity contribution in [3.05, 3.63) is 0 Å². The highest BCUT2D eigenvalue weighted by Crippen LogP contribution is 2.19. The summed E-state index contributed by atoms with van der Waals surface area (Å²) in [6.45, 7) is 1.07. The maximum Gasteiger partial charge on any atom is 0.390 e. The molecule has 0 spiro atoms. The Morgan fingerprint density at radius 1 is 1.44 bits per heavy atom. The zero-order valence-electron chi connectivity index (χ0n) is 9.43. The molecule has 0 heterocycles. The Bertz CT molecular complexity index is 211. The summed E-state index contributed by atoms with van der Waals surface area (Å²) in [5.41, 5.74) is 0. The molecule has 0 aromatic heterocycles. The molecule has 0 radical (unpaired) electrons. The lowest BCUT2D eigenvalue weighted by Crippen LogP contribution is -2.39. The highest BCUT2D eigenvalue weighted by Gasteiger charge is 2.27. The molecule has 1 N–H and O–H groups in total. The zero-order valence-corrected chi connectivity index (χ0v) is 10.2. The van der Waals surface area contributed by atoms with Crippen LogP contribution in [-0.2, 0) is 4.74 Å². The summed E-state index contributed by atoms with van der Waals surface area (Å²) in [7, 11) is 3.13. The van der Waals surface area contributed by atoms with Crippen molar-refractivity contribution in [1.29, 1.82) is 0 Å². The minimum Gasteiger partial charge on any atom is -0.385 e. The first-order valence-electron chi connectivity index (χ1n) is 4.91. The molecule has 0 aliphatic heterocycles. The minimum absolute atomic E-state index is 0.125. The van der Waals surface area contributed by atoms with Gasteiger partial charge in [-0.1, -0.05) is 0 Å². The van der Waals surface area contributed by atoms with Gasteiger partial charge in [-0.15, -0.1) is 0 Å². The van der Waals surface area contributed by atoms with E-state index in [0.717, 1.165) is 6.42 Å². The van der Waals surface area contributed by atoms with Crippen LogP contribution in [0.5, 0.6) is 0 Å². The Labute approximate surface area is 98.9 Å². The first-order valence-corrected chi connectivity index (χ1v) is 5.32. The Kier molecular flexibility index (Phi) is 7.40. The number of hydrogen-bond donors (Lipinski definition) is 1. The molecule has 0 rings (SSSR count). The number of methoxy groups -OCH3 is 1. The van der Waals surface area contributed by atoms with Gasteiger partial charge in [-0.2, -0.15) is 13.2 Å². The fourth-order valence-electron chi connectivity index (χ4n) is 0.943. The lowest BCUT2D eigenvalue weighted by Gasteiger charge is -2.21. The van der Waals surface area contributed by atoms with Crippen molar-refractivity contribution in [3.63, 3.8) is 0 Å². The predicted molar refractivity (Wildman–Crippen MR) is 60.4 cm³/mol. The SMILES string of the molecule is COCCCNC(=S)N(C)CCC(F)(F)F. The first kappa shape index (κ1) is 15.4. The molecule has 3 nitrogen and oxygen atoms in total. The molecule has 0 amide bonds. The molecule has 0 fully saturated rings. The van der Waals surface area contributed by atoms with Crippen LogP contribution >= 0.6 is 12.2 Å². The standard InChI is InChI=1S/C9H17F3N2OS/c1-14(6-4-9(10,11)12)8(16)13-5-3-7-15-2/h3-7H2,1-2H3,(H,13,16). The van der Waals surface area contributed by atoms with Crippen LogP contribution in [0.15, 0.2) is 0 Å². The van der Waals surface area contributed by atoms with Crippen LogP contribution in [0.3, 0.4) is 0 Å². The summed E-state index contributed by atoms with van der Waals surface area (Å²) in [5.74, 6) is 0. The number of halogens is 3. The van der Waals surface area contributed by atoms with Crippen LogP contribution in [-0.4, -0.2) is 50.0 Å². The van der Waals surface area contributed by atoms with Crippen LogP contribution in [0.4, 0.5) is 13.2 Å². The third-order valence-corrected chi connectivity index (χ3v) is 2.33. The number of alkyl halides is 3. The number of hydrogen-bond acceptors (Lipinski definition) is 2. The monoisotopic (exact) mass is 258 g/mol. The maximum atomic E-state index is 11.9. The highest BCUT2D eigenvalue weighted by atomic mass is 32.1. The van der Waals surface area contributed by atoms with Gasteiger partial charge in [0.2, 0.25) is 0 Å². The quantitative estimate of drug-likeness (QED) is 0.580. The predicted octanol–water partition coefficient (Wildman–Crippen LogP) is 1.78. The van der Waals surface area contributed by atoms with Crippen molar-refractivity contribution in [2.45, 2.75) is 19.0 Å². The molecule has 0 saturated heterocycles. The molecule has 96 valence electrons. The molecule has 0 atom stereocenters. The average molecular weight is 258 g/mol. The molecule has 0 saturated carbocycles. The van der Waals surface area contributed by atoms with Gasteiger partial charge in [-0.05, 0) is 18.6 Å². The number of nitrogens with one attached hydrogen (secondary N) is 1. The third kappa shape index (κ3) is 8.72. The van der Waals surface area contributed by atoms with Gasteiger partial charge in [0.05, 0.1) is 6.42 Å². The van der Waals surface area contributed by atoms with Gasteiger partial charge in [0, 0.05) is 33.9 Å². The molecule has 0 bridgehead atoms. The fraction of sp³-hybridized carbons (Fsp3) is 0.889. The smallest absolute Gasteiger partial charge is 0.385 e. The van der Waals surface area contributed by atoms with Crippen molar-refractivity contribution in [2.24, 2.45) is 0 Å². The summed E-state index contributed by atoms with van der Waals surface area (Å²) >= 11 is 4.92. The molecular formula is C9H17F3N2OS. The largest absolute Gasteiger partial charge is 0.390 e. The van der Waals surface area contributed by atoms with Crippen molar-refractivity contribution in [2.75, 3.05) is 33.9 Å². The van der Waals surface area contributed by atoms with E-state index in [0.29, 0.717) is 18.3 Å². The van der Waals surface area contributed by atoms with E-state index in [9.17, 15) is 13.2 Å². The van der Waals surface area contributed by atoms with Gasteiger partial charge in [0.25, 0.3) is 0 Å². The van der Waals surface area contributed by atoms with E-state index in [2.05, 4.69) is 5.32 Å². The summed E-state index contributed by atoms with van der Waals surface area (Å²) < 4.78 is 40.6. The van der Waals surface area contributed by atoms with E-state index in [1.165, 1.54) is 11.9 Å². The van der Waals surface area contributed by atoms with E-state index in [1.54, 1.807) is 7.11 Å². The molecular weight excluding hydrogens is 241 g/mol. The van der Waals surface area contributed by atoms with Crippen molar-refractivity contribution < 1.29 is 17.9 Å². The minimum atomic E-state index is -4.14. The van der Waals surface area contributed by atoms with Gasteiger partial charge >= 0.3 is 6.18 Å². The second-order valence-electron chi connectivity index (χ2n) is 3.37. The lowest BCUT2D eigenvalue weighted by atomic mass is 10.4. The molecule has 0 unspecified atom stereocenters. The summed E-state index contributed by atoms with van der Waals surface area (Å²) in [4.78, 5) is 1.38. The van der Waals surface area contributed by atoms with E-state index in [4.69, 9.17) is 17.0 Å². The van der Waals surface area contributed by atoms with Crippen molar-refractivity contribution in [1.82, 2.24) is 10.2 Å². The first-order chi connectivity index (χ1) is 7.37. The van der Waals surface area contributed by atoms with E-state index < -0.39 is 12.6 Å². The van der Waals surface area contributed by atoms with E-state index >= 15 is 0 Å². The van der Waals surface area contributed by atoms with E-state index in [1.807, 2.05) is 0 Å². The van der Waals surface area contributed by atoms with Gasteiger partial charge < -0.3 is 15.0 Å². The fourth-order valence-corrected chi connectivity index (χ4v) is 1.14. The molecule has 16 heavy (non-hydrogen) atoms. The van der Waals surface area contributed by atoms with E-state index in [-0.39, 0.29) is 6.54 Å². The number of nitrogens with zero attached hydrogens (tertiary/aromatic N) is 1. The molecule has 0 aromatic rings. The molecule has 0 aliphatic carbocycles. The Morgan fingerprint density at radius 2 is 2.06 bits per heavy atom. The second kappa shape index (κ2) is 7.67. The summed E-state index contributed by atoms with van der Waals surface area (Å²) in [6.07, 6.45) is -4.23. The Hall–Kier alpha value is -0.560. The normalized spacial score (nSPS) is 11.3. The third-order valence-electron chi connectivity index (χ3n) is 1.88. The number of ether oxygens (including phenoxy) is 1. The molecule has 0 aromatic carbocycles. The lowest BCUT2D eigenvalue weighted by molar-refractivity contribution is -0.135. The summed E-state index contributed by atoms with van der Waals surface area (Å²) in [6, 6.07) is 0. The highest BCUT2D eigenvalue weighted by molar-refractivity contribution is 7.80. The zero-order chi connectivity index (χ0) is 12.6. The topological polar surface area (TPSA) is 24.5 Å². The number of thiocarbonyl (C=S) groups is 1. The number of rotatable bonds is 6. The van der Waals surface area contributed by atoms with Crippen LogP contribution in [0.2, 0.25) is 0 Å².